The lowest BCUT2D eigenvalue weighted by Crippen LogP contribution is -2.69. The van der Waals surface area contributed by atoms with Crippen LogP contribution >= 0.6 is 11.8 Å². The van der Waals surface area contributed by atoms with Crippen molar-refractivity contribution < 1.29 is 38.4 Å². The van der Waals surface area contributed by atoms with Crippen LogP contribution < -0.4 is 24.7 Å². The number of benzene rings is 2. The lowest BCUT2D eigenvalue weighted by molar-refractivity contribution is -0.150. The fourth-order valence-corrected chi connectivity index (χ4v) is 9.42. The molecule has 2 saturated heterocycles. The van der Waals surface area contributed by atoms with Crippen molar-refractivity contribution in [3.8, 4) is 34.8 Å². The zero-order valence-corrected chi connectivity index (χ0v) is 25.9. The molecule has 0 radical (unpaired) electrons. The summed E-state index contributed by atoms with van der Waals surface area (Å²) in [4.78, 5) is 29.8. The van der Waals surface area contributed by atoms with E-state index in [4.69, 9.17) is 29.4 Å². The van der Waals surface area contributed by atoms with Crippen molar-refractivity contribution in [2.45, 2.75) is 68.7 Å². The van der Waals surface area contributed by atoms with Gasteiger partial charge in [0.15, 0.2) is 23.0 Å². The minimum absolute atomic E-state index is 0.0270. The number of nitriles is 1. The SMILES string of the molecule is COc1c(C)cc2c(c1O)C1C3[C@@H]4SCC(N)C(=O)OC[C@H](c5c6c(c(C)c(OC(C)=O)c54)OCO6)N3[C@@H](C#N)C(C2)N1C. The van der Waals surface area contributed by atoms with Crippen LogP contribution in [0.4, 0.5) is 0 Å². The van der Waals surface area contributed by atoms with E-state index in [0.29, 0.717) is 40.5 Å². The molecule has 12 nitrogen and oxygen atoms in total. The van der Waals surface area contributed by atoms with E-state index in [1.54, 1.807) is 0 Å². The number of piperazine rings is 1. The van der Waals surface area contributed by atoms with Crippen molar-refractivity contribution in [2.24, 2.45) is 5.73 Å². The number of phenols is 1. The summed E-state index contributed by atoms with van der Waals surface area (Å²) in [5.41, 5.74) is 10.8. The predicted molar refractivity (Wildman–Crippen MR) is 158 cm³/mol. The third-order valence-corrected chi connectivity index (χ3v) is 11.1. The first-order valence-corrected chi connectivity index (χ1v) is 15.6. The highest BCUT2D eigenvalue weighted by atomic mass is 32.2. The quantitative estimate of drug-likeness (QED) is 0.372. The van der Waals surface area contributed by atoms with E-state index >= 15 is 0 Å². The summed E-state index contributed by atoms with van der Waals surface area (Å²) in [6.45, 7) is 4.93. The molecular weight excluding hydrogens is 588 g/mol. The van der Waals surface area contributed by atoms with Gasteiger partial charge in [-0.15, -0.1) is 11.8 Å². The summed E-state index contributed by atoms with van der Waals surface area (Å²) in [7, 11) is 3.51. The van der Waals surface area contributed by atoms with Crippen LogP contribution in [0.2, 0.25) is 0 Å². The summed E-state index contributed by atoms with van der Waals surface area (Å²) < 4.78 is 29.4. The van der Waals surface area contributed by atoms with Crippen LogP contribution in [0.3, 0.4) is 0 Å². The Labute approximate surface area is 258 Å². The van der Waals surface area contributed by atoms with E-state index < -0.39 is 47.4 Å². The number of phenolic OH excluding ortho intramolecular Hbond substituents is 1. The number of hydrogen-bond acceptors (Lipinski definition) is 13. The zero-order chi connectivity index (χ0) is 31.2. The van der Waals surface area contributed by atoms with Crippen molar-refractivity contribution in [1.29, 1.82) is 5.26 Å². The number of likely N-dealkylation sites (N-methyl/N-ethyl adjacent to an activating group) is 1. The van der Waals surface area contributed by atoms with Crippen LogP contribution in [-0.2, 0) is 20.7 Å². The monoisotopic (exact) mass is 622 g/mol. The Kier molecular flexibility index (Phi) is 6.89. The molecule has 2 fully saturated rings. The number of carbonyl (C=O) groups is 2. The molecule has 44 heavy (non-hydrogen) atoms. The number of methoxy groups -OCH3 is 1. The molecule has 0 saturated carbocycles. The number of fused-ring (bicyclic) bond motifs is 9. The Bertz CT molecular complexity index is 1640. The van der Waals surface area contributed by atoms with Crippen molar-refractivity contribution >= 4 is 23.7 Å². The molecule has 5 heterocycles. The summed E-state index contributed by atoms with van der Waals surface area (Å²) in [6.07, 6.45) is 0.522. The van der Waals surface area contributed by atoms with Gasteiger partial charge in [0.1, 0.15) is 24.4 Å². The fraction of sp³-hybridized carbons (Fsp3) is 0.516. The van der Waals surface area contributed by atoms with Gasteiger partial charge in [0, 0.05) is 47.0 Å². The first-order valence-electron chi connectivity index (χ1n) is 14.5. The summed E-state index contributed by atoms with van der Waals surface area (Å²) in [6, 6.07) is 1.36. The van der Waals surface area contributed by atoms with Gasteiger partial charge in [0.05, 0.1) is 30.5 Å². The minimum Gasteiger partial charge on any atom is -0.504 e. The molecule has 0 aromatic heterocycles. The molecule has 4 bridgehead atoms. The third-order valence-electron chi connectivity index (χ3n) is 9.69. The van der Waals surface area contributed by atoms with Gasteiger partial charge in [-0.25, -0.2) is 0 Å². The Balaban J connectivity index is 1.56. The standard InChI is InChI=1S/C31H34N4O8S/c1-12-6-15-7-17-18(8-32)35-19-9-40-31(38)16(33)10-44-30(24(35)23(34(17)4)20(15)25(37)26(12)39-5)22-21(19)29-28(41-11-42-29)13(2)27(22)43-14(3)36/h6,16-19,23-24,30,37H,7,9-11,33H2,1-5H3/t16?,17?,18-,19+,23?,24?,30+/m0/s1. The average Bonchev–Trinajstić information content (AvgIpc) is 3.47. The van der Waals surface area contributed by atoms with E-state index in [-0.39, 0.29) is 30.9 Å². The maximum absolute atomic E-state index is 13.0. The highest BCUT2D eigenvalue weighted by Crippen LogP contribution is 2.64. The largest absolute Gasteiger partial charge is 0.504 e. The van der Waals surface area contributed by atoms with Gasteiger partial charge < -0.3 is 34.5 Å². The molecule has 0 spiro atoms. The second-order valence-corrected chi connectivity index (χ2v) is 13.2. The Morgan fingerprint density at radius 2 is 1.93 bits per heavy atom. The van der Waals surface area contributed by atoms with Gasteiger partial charge in [0.2, 0.25) is 6.79 Å². The van der Waals surface area contributed by atoms with Crippen LogP contribution in [0, 0.1) is 25.2 Å². The number of thioether (sulfide) groups is 1. The number of ether oxygens (including phenoxy) is 5. The Morgan fingerprint density at radius 3 is 2.64 bits per heavy atom. The molecule has 0 aliphatic carbocycles. The van der Waals surface area contributed by atoms with Crippen molar-refractivity contribution in [1.82, 2.24) is 9.80 Å². The maximum atomic E-state index is 13.0. The first-order chi connectivity index (χ1) is 21.1. The van der Waals surface area contributed by atoms with Gasteiger partial charge in [-0.05, 0) is 38.4 Å². The molecule has 232 valence electrons. The van der Waals surface area contributed by atoms with Crippen molar-refractivity contribution in [2.75, 3.05) is 33.3 Å². The van der Waals surface area contributed by atoms with Gasteiger partial charge in [-0.1, -0.05) is 6.07 Å². The van der Waals surface area contributed by atoms with Crippen LogP contribution in [0.1, 0.15) is 57.6 Å². The van der Waals surface area contributed by atoms with Crippen molar-refractivity contribution in [3.05, 3.63) is 39.4 Å². The smallest absolute Gasteiger partial charge is 0.323 e. The lowest BCUT2D eigenvalue weighted by atomic mass is 9.71. The molecular formula is C31H34N4O8S. The number of esters is 2. The molecule has 3 N–H and O–H groups in total. The van der Waals surface area contributed by atoms with Gasteiger partial charge >= 0.3 is 11.9 Å². The summed E-state index contributed by atoms with van der Waals surface area (Å²) in [5, 5.41) is 22.1. The average molecular weight is 623 g/mol. The number of cyclic esters (lactones) is 1. The summed E-state index contributed by atoms with van der Waals surface area (Å²) >= 11 is 1.44. The van der Waals surface area contributed by atoms with E-state index in [1.807, 2.05) is 27.0 Å². The Hall–Kier alpha value is -3.70. The number of nitrogens with zero attached hydrogens (tertiary/aromatic N) is 3. The third kappa shape index (κ3) is 3.94. The molecule has 0 amide bonds. The topological polar surface area (TPSA) is 157 Å². The van der Waals surface area contributed by atoms with E-state index in [2.05, 4.69) is 15.9 Å². The van der Waals surface area contributed by atoms with Gasteiger partial charge in [-0.2, -0.15) is 5.26 Å². The lowest BCUT2D eigenvalue weighted by Gasteiger charge is -2.61. The molecule has 5 aliphatic heterocycles. The minimum atomic E-state index is -0.890. The zero-order valence-electron chi connectivity index (χ0n) is 25.1. The number of nitrogens with two attached hydrogens (primary N) is 1. The van der Waals surface area contributed by atoms with Crippen molar-refractivity contribution in [3.63, 3.8) is 0 Å². The van der Waals surface area contributed by atoms with Gasteiger partial charge in [-0.3, -0.25) is 19.4 Å². The molecule has 2 aromatic rings. The number of aryl methyl sites for hydroxylation is 1. The predicted octanol–water partition coefficient (Wildman–Crippen LogP) is 2.56. The summed E-state index contributed by atoms with van der Waals surface area (Å²) in [5.74, 6) is 0.953. The van der Waals surface area contributed by atoms with Crippen LogP contribution in [-0.4, -0.2) is 84.3 Å². The Morgan fingerprint density at radius 1 is 1.18 bits per heavy atom. The second kappa shape index (κ2) is 10.4. The van der Waals surface area contributed by atoms with E-state index in [1.165, 1.54) is 25.8 Å². The molecule has 7 atom stereocenters. The number of carbonyl (C=O) groups excluding carboxylic acids is 2. The molecule has 13 heteroatoms. The first kappa shape index (κ1) is 29.0. The highest BCUT2D eigenvalue weighted by Gasteiger charge is 2.60. The molecule has 5 aliphatic rings. The molecule has 4 unspecified atom stereocenters. The van der Waals surface area contributed by atoms with Crippen LogP contribution in [0.5, 0.6) is 28.7 Å². The number of hydrogen-bond donors (Lipinski definition) is 2. The number of aromatic hydroxyl groups is 1. The van der Waals surface area contributed by atoms with Crippen LogP contribution in [0.25, 0.3) is 0 Å². The maximum Gasteiger partial charge on any atom is 0.323 e. The molecule has 7 rings (SSSR count). The normalized spacial score (nSPS) is 30.4. The fourth-order valence-electron chi connectivity index (χ4n) is 7.98. The molecule has 2 aromatic carbocycles. The van der Waals surface area contributed by atoms with E-state index in [0.717, 1.165) is 22.3 Å². The van der Waals surface area contributed by atoms with Gasteiger partial charge in [0.25, 0.3) is 0 Å². The highest BCUT2D eigenvalue weighted by molar-refractivity contribution is 7.99. The number of rotatable bonds is 2. The van der Waals surface area contributed by atoms with E-state index in [9.17, 15) is 20.0 Å². The van der Waals surface area contributed by atoms with Crippen LogP contribution in [0.15, 0.2) is 6.07 Å². The second-order valence-electron chi connectivity index (χ2n) is 12.0.